The molecule has 17 heavy (non-hydrogen) atoms. The van der Waals surface area contributed by atoms with Crippen molar-refractivity contribution < 1.29 is 9.53 Å². The number of carbonyl (C=O) groups excluding carboxylic acids is 1. The summed E-state index contributed by atoms with van der Waals surface area (Å²) in [4.78, 5) is 13.8. The highest BCUT2D eigenvalue weighted by molar-refractivity contribution is 7.98. The van der Waals surface area contributed by atoms with Gasteiger partial charge in [-0.15, -0.1) is 0 Å². The minimum absolute atomic E-state index is 0.0356. The van der Waals surface area contributed by atoms with Crippen molar-refractivity contribution in [1.29, 1.82) is 0 Å². The molecule has 0 bridgehead atoms. The molecule has 94 valence electrons. The smallest absolute Gasteiger partial charge is 0.165 e. The van der Waals surface area contributed by atoms with Crippen LogP contribution in [0.4, 0.5) is 5.69 Å². The highest BCUT2D eigenvalue weighted by Crippen LogP contribution is 2.29. The van der Waals surface area contributed by atoms with Crippen LogP contribution in [0.2, 0.25) is 0 Å². The minimum Gasteiger partial charge on any atom is -0.496 e. The zero-order valence-corrected chi connectivity index (χ0v) is 11.6. The lowest BCUT2D eigenvalue weighted by atomic mass is 10.1. The number of hydrogen-bond donors (Lipinski definition) is 0. The van der Waals surface area contributed by atoms with E-state index in [2.05, 4.69) is 11.2 Å². The molecule has 0 saturated heterocycles. The molecular weight excluding hydrogens is 234 g/mol. The van der Waals surface area contributed by atoms with Gasteiger partial charge in [-0.25, -0.2) is 0 Å². The van der Waals surface area contributed by atoms with Gasteiger partial charge in [0.05, 0.1) is 18.4 Å². The first-order chi connectivity index (χ1) is 8.11. The van der Waals surface area contributed by atoms with Gasteiger partial charge in [-0.05, 0) is 25.3 Å². The fourth-order valence-corrected chi connectivity index (χ4v) is 2.17. The first-order valence-electron chi connectivity index (χ1n) is 5.49. The summed E-state index contributed by atoms with van der Waals surface area (Å²) in [6, 6.07) is 5.69. The largest absolute Gasteiger partial charge is 0.496 e. The third kappa shape index (κ3) is 3.40. The van der Waals surface area contributed by atoms with E-state index in [1.54, 1.807) is 25.8 Å². The van der Waals surface area contributed by atoms with E-state index >= 15 is 0 Å². The predicted molar refractivity (Wildman–Crippen MR) is 74.7 cm³/mol. The van der Waals surface area contributed by atoms with Gasteiger partial charge in [0.2, 0.25) is 0 Å². The third-order valence-electron chi connectivity index (χ3n) is 2.62. The Kier molecular flexibility index (Phi) is 5.35. The van der Waals surface area contributed by atoms with E-state index in [4.69, 9.17) is 4.74 Å². The van der Waals surface area contributed by atoms with Crippen molar-refractivity contribution in [3.05, 3.63) is 23.8 Å². The molecule has 0 saturated carbocycles. The molecule has 3 nitrogen and oxygen atoms in total. The number of methoxy groups -OCH3 is 1. The molecule has 0 aromatic heterocycles. The van der Waals surface area contributed by atoms with Crippen molar-refractivity contribution in [2.75, 3.05) is 37.6 Å². The van der Waals surface area contributed by atoms with Crippen molar-refractivity contribution in [2.24, 2.45) is 0 Å². The summed E-state index contributed by atoms with van der Waals surface area (Å²) >= 11 is 1.79. The zero-order valence-electron chi connectivity index (χ0n) is 10.8. The molecule has 0 spiro atoms. The van der Waals surface area contributed by atoms with E-state index in [9.17, 15) is 4.79 Å². The summed E-state index contributed by atoms with van der Waals surface area (Å²) < 4.78 is 5.25. The number of anilines is 1. The Bertz CT molecular complexity index is 393. The van der Waals surface area contributed by atoms with Crippen LogP contribution >= 0.6 is 11.8 Å². The first kappa shape index (κ1) is 13.9. The van der Waals surface area contributed by atoms with Crippen LogP contribution in [0.1, 0.15) is 17.3 Å². The normalized spacial score (nSPS) is 10.1. The maximum Gasteiger partial charge on any atom is 0.165 e. The second-order valence-electron chi connectivity index (χ2n) is 3.82. The average molecular weight is 253 g/mol. The van der Waals surface area contributed by atoms with Crippen LogP contribution in [0.3, 0.4) is 0 Å². The predicted octanol–water partition coefficient (Wildman–Crippen LogP) is 2.70. The van der Waals surface area contributed by atoms with Gasteiger partial charge in [-0.2, -0.15) is 11.8 Å². The van der Waals surface area contributed by atoms with Gasteiger partial charge in [0.25, 0.3) is 0 Å². The fraction of sp³-hybridized carbons (Fsp3) is 0.462. The summed E-state index contributed by atoms with van der Waals surface area (Å²) in [5.74, 6) is 1.71. The lowest BCUT2D eigenvalue weighted by molar-refractivity contribution is 0.101. The Morgan fingerprint density at radius 2 is 2.18 bits per heavy atom. The summed E-state index contributed by atoms with van der Waals surface area (Å²) in [5.41, 5.74) is 1.60. The second-order valence-corrected chi connectivity index (χ2v) is 4.81. The summed E-state index contributed by atoms with van der Waals surface area (Å²) in [6.45, 7) is 2.48. The molecule has 0 radical (unpaired) electrons. The van der Waals surface area contributed by atoms with Crippen LogP contribution < -0.4 is 9.64 Å². The molecule has 0 fully saturated rings. The van der Waals surface area contributed by atoms with Crippen molar-refractivity contribution in [1.82, 2.24) is 0 Å². The van der Waals surface area contributed by atoms with Crippen LogP contribution in [-0.4, -0.2) is 38.5 Å². The van der Waals surface area contributed by atoms with Gasteiger partial charge in [0, 0.05) is 19.3 Å². The molecule has 1 aromatic carbocycles. The maximum absolute atomic E-state index is 11.7. The van der Waals surface area contributed by atoms with Crippen LogP contribution in [0.25, 0.3) is 0 Å². The molecule has 0 unspecified atom stereocenters. The Morgan fingerprint density at radius 3 is 2.71 bits per heavy atom. The molecule has 4 heteroatoms. The number of nitrogens with zero attached hydrogens (tertiary/aromatic N) is 1. The Hall–Kier alpha value is -1.16. The molecule has 0 amide bonds. The van der Waals surface area contributed by atoms with Gasteiger partial charge >= 0.3 is 0 Å². The number of ether oxygens (including phenoxy) is 1. The molecule has 0 atom stereocenters. The van der Waals surface area contributed by atoms with Gasteiger partial charge in [0.15, 0.2) is 5.78 Å². The van der Waals surface area contributed by atoms with Crippen LogP contribution in [0.15, 0.2) is 18.2 Å². The standard InChI is InChI=1S/C13H19NO2S/c1-10(15)13-11(14(2)8-9-17-4)6-5-7-12(13)16-3/h5-7H,8-9H2,1-4H3. The van der Waals surface area contributed by atoms with Crippen LogP contribution in [-0.2, 0) is 0 Å². The van der Waals surface area contributed by atoms with Crippen molar-refractivity contribution in [3.8, 4) is 5.75 Å². The Morgan fingerprint density at radius 1 is 1.47 bits per heavy atom. The average Bonchev–Trinajstić information content (AvgIpc) is 2.34. The number of carbonyl (C=O) groups is 1. The van der Waals surface area contributed by atoms with Gasteiger partial charge in [-0.3, -0.25) is 4.79 Å². The summed E-state index contributed by atoms with van der Waals surface area (Å²) in [7, 11) is 3.59. The quantitative estimate of drug-likeness (QED) is 0.729. The number of rotatable bonds is 6. The zero-order chi connectivity index (χ0) is 12.8. The molecule has 1 rings (SSSR count). The van der Waals surface area contributed by atoms with Gasteiger partial charge < -0.3 is 9.64 Å². The SMILES string of the molecule is COc1cccc(N(C)CCSC)c1C(C)=O. The summed E-state index contributed by atoms with van der Waals surface area (Å²) in [6.07, 6.45) is 2.07. The Labute approximate surface area is 107 Å². The van der Waals surface area contributed by atoms with Crippen LogP contribution in [0, 0.1) is 0 Å². The monoisotopic (exact) mass is 253 g/mol. The van der Waals surface area contributed by atoms with Crippen molar-refractivity contribution in [3.63, 3.8) is 0 Å². The molecule has 0 N–H and O–H groups in total. The molecule has 0 aliphatic heterocycles. The number of Topliss-reactive ketones (excluding diaryl/α,β-unsaturated/α-hetero) is 1. The highest BCUT2D eigenvalue weighted by atomic mass is 32.2. The highest BCUT2D eigenvalue weighted by Gasteiger charge is 2.15. The van der Waals surface area contributed by atoms with E-state index < -0.39 is 0 Å². The fourth-order valence-electron chi connectivity index (χ4n) is 1.71. The number of thioether (sulfide) groups is 1. The summed E-state index contributed by atoms with van der Waals surface area (Å²) in [5, 5.41) is 0. The third-order valence-corrected chi connectivity index (χ3v) is 3.21. The maximum atomic E-state index is 11.7. The molecule has 0 heterocycles. The number of benzene rings is 1. The lowest BCUT2D eigenvalue weighted by Crippen LogP contribution is -2.22. The van der Waals surface area contributed by atoms with Crippen molar-refractivity contribution in [2.45, 2.75) is 6.92 Å². The molecule has 0 aliphatic carbocycles. The topological polar surface area (TPSA) is 29.5 Å². The molecule has 1 aromatic rings. The van der Waals surface area contributed by atoms with Gasteiger partial charge in [0.1, 0.15) is 5.75 Å². The van der Waals surface area contributed by atoms with E-state index in [-0.39, 0.29) is 5.78 Å². The molecule has 0 aliphatic rings. The van der Waals surface area contributed by atoms with E-state index in [1.165, 1.54) is 0 Å². The number of hydrogen-bond acceptors (Lipinski definition) is 4. The first-order valence-corrected chi connectivity index (χ1v) is 6.89. The minimum atomic E-state index is 0.0356. The van der Waals surface area contributed by atoms with E-state index in [1.807, 2.05) is 25.2 Å². The number of ketones is 1. The van der Waals surface area contributed by atoms with Crippen LogP contribution in [0.5, 0.6) is 5.75 Å². The molecular formula is C13H19NO2S. The van der Waals surface area contributed by atoms with E-state index in [0.29, 0.717) is 11.3 Å². The van der Waals surface area contributed by atoms with Crippen molar-refractivity contribution >= 4 is 23.2 Å². The van der Waals surface area contributed by atoms with E-state index in [0.717, 1.165) is 18.0 Å². The Balaban J connectivity index is 3.09. The van der Waals surface area contributed by atoms with Gasteiger partial charge in [-0.1, -0.05) is 6.07 Å². The second kappa shape index (κ2) is 6.55. The lowest BCUT2D eigenvalue weighted by Gasteiger charge is -2.22.